The van der Waals surface area contributed by atoms with Gasteiger partial charge in [0.25, 0.3) is 0 Å². The average molecular weight is 369 g/mol. The van der Waals surface area contributed by atoms with Gasteiger partial charge in [-0.25, -0.2) is 0 Å². The zero-order valence-electron chi connectivity index (χ0n) is 17.2. The van der Waals surface area contributed by atoms with E-state index in [1.165, 1.54) is 89.9 Å². The van der Waals surface area contributed by atoms with Crippen LogP contribution in [0.25, 0.3) is 0 Å². The van der Waals surface area contributed by atoms with E-state index < -0.39 is 5.97 Å². The van der Waals surface area contributed by atoms with Gasteiger partial charge in [0.1, 0.15) is 0 Å². The van der Waals surface area contributed by atoms with Crippen molar-refractivity contribution in [2.45, 2.75) is 96.8 Å². The molecule has 4 nitrogen and oxygen atoms in total. The van der Waals surface area contributed by atoms with Gasteiger partial charge >= 0.3 is 5.97 Å². The summed E-state index contributed by atoms with van der Waals surface area (Å²) in [7, 11) is 0. The van der Waals surface area contributed by atoms with Crippen LogP contribution in [0.3, 0.4) is 0 Å². The minimum Gasteiger partial charge on any atom is -0.480 e. The molecule has 0 saturated carbocycles. The Hall–Kier alpha value is -0.870. The molecule has 26 heavy (non-hydrogen) atoms. The summed E-state index contributed by atoms with van der Waals surface area (Å²) in [4.78, 5) is 10.3. The number of rotatable bonds is 21. The fourth-order valence-corrected chi connectivity index (χ4v) is 2.99. The van der Waals surface area contributed by atoms with Crippen LogP contribution in [0.5, 0.6) is 0 Å². The highest BCUT2D eigenvalue weighted by Crippen LogP contribution is 2.09. The molecule has 0 radical (unpaired) electrons. The maximum atomic E-state index is 10.3. The van der Waals surface area contributed by atoms with Crippen LogP contribution in [-0.4, -0.2) is 37.3 Å². The highest BCUT2D eigenvalue weighted by Gasteiger charge is 1.95. The van der Waals surface area contributed by atoms with Gasteiger partial charge in [-0.1, -0.05) is 76.9 Å². The zero-order valence-corrected chi connectivity index (χ0v) is 17.2. The van der Waals surface area contributed by atoms with Crippen LogP contribution in [0.15, 0.2) is 12.2 Å². The average Bonchev–Trinajstić information content (AvgIpc) is 2.62. The molecule has 0 heterocycles. The minimum absolute atomic E-state index is 0.0515. The van der Waals surface area contributed by atoms with Crippen molar-refractivity contribution < 1.29 is 9.90 Å². The van der Waals surface area contributed by atoms with Crippen molar-refractivity contribution in [2.75, 3.05) is 26.2 Å². The van der Waals surface area contributed by atoms with Crippen molar-refractivity contribution in [3.8, 4) is 0 Å². The van der Waals surface area contributed by atoms with E-state index in [0.29, 0.717) is 0 Å². The van der Waals surface area contributed by atoms with Crippen molar-refractivity contribution in [1.29, 1.82) is 0 Å². The van der Waals surface area contributed by atoms with Crippen LogP contribution >= 0.6 is 0 Å². The predicted octanol–water partition coefficient (Wildman–Crippen LogP) is 5.29. The Morgan fingerprint density at radius 3 is 1.77 bits per heavy atom. The summed E-state index contributed by atoms with van der Waals surface area (Å²) in [5.74, 6) is -0.793. The number of nitrogens with one attached hydrogen (secondary N) is 2. The molecule has 0 atom stereocenters. The Bertz CT molecular complexity index is 319. The highest BCUT2D eigenvalue weighted by molar-refractivity contribution is 5.68. The molecule has 0 spiro atoms. The van der Waals surface area contributed by atoms with E-state index in [-0.39, 0.29) is 6.54 Å². The Morgan fingerprint density at radius 2 is 1.19 bits per heavy atom. The summed E-state index contributed by atoms with van der Waals surface area (Å²) in [6, 6.07) is 0. The Balaban J connectivity index is 3.06. The van der Waals surface area contributed by atoms with Gasteiger partial charge in [0.2, 0.25) is 0 Å². The molecule has 154 valence electrons. The molecule has 0 rings (SSSR count). The number of allylic oxidation sites excluding steroid dienone is 2. The van der Waals surface area contributed by atoms with Crippen molar-refractivity contribution in [1.82, 2.24) is 10.6 Å². The zero-order chi connectivity index (χ0) is 19.1. The van der Waals surface area contributed by atoms with Crippen molar-refractivity contribution in [3.63, 3.8) is 0 Å². The van der Waals surface area contributed by atoms with Gasteiger partial charge in [0.15, 0.2) is 0 Å². The van der Waals surface area contributed by atoms with E-state index in [2.05, 4.69) is 29.7 Å². The van der Waals surface area contributed by atoms with Gasteiger partial charge < -0.3 is 15.7 Å². The molecule has 0 aromatic carbocycles. The lowest BCUT2D eigenvalue weighted by molar-refractivity contribution is -0.135. The SMILES string of the molecule is CCCCCCCC/C=C\CCCCCCCCNCCNCC(=O)O. The maximum Gasteiger partial charge on any atom is 0.317 e. The lowest BCUT2D eigenvalue weighted by atomic mass is 10.1. The summed E-state index contributed by atoms with van der Waals surface area (Å²) < 4.78 is 0. The molecule has 0 amide bonds. The van der Waals surface area contributed by atoms with Crippen LogP contribution in [0.2, 0.25) is 0 Å². The number of carboxylic acid groups (broad SMARTS) is 1. The first-order valence-electron chi connectivity index (χ1n) is 11.1. The third kappa shape index (κ3) is 23.1. The molecule has 0 unspecified atom stereocenters. The molecule has 3 N–H and O–H groups in total. The second kappa shape index (κ2) is 22.2. The smallest absolute Gasteiger partial charge is 0.317 e. The molecule has 0 aliphatic carbocycles. The molecule has 0 aliphatic heterocycles. The number of aliphatic carboxylic acids is 1. The highest BCUT2D eigenvalue weighted by atomic mass is 16.4. The van der Waals surface area contributed by atoms with Crippen LogP contribution in [-0.2, 0) is 4.79 Å². The molecular formula is C22H44N2O2. The van der Waals surface area contributed by atoms with Crippen LogP contribution in [0, 0.1) is 0 Å². The van der Waals surface area contributed by atoms with Gasteiger partial charge in [-0.05, 0) is 38.6 Å². The first-order chi connectivity index (χ1) is 12.8. The van der Waals surface area contributed by atoms with E-state index >= 15 is 0 Å². The fourth-order valence-electron chi connectivity index (χ4n) is 2.99. The number of carbonyl (C=O) groups is 1. The molecule has 0 fully saturated rings. The molecule has 0 aliphatic rings. The predicted molar refractivity (Wildman–Crippen MR) is 113 cm³/mol. The molecule has 0 bridgehead atoms. The van der Waals surface area contributed by atoms with Gasteiger partial charge in [-0.15, -0.1) is 0 Å². The molecule has 0 aromatic heterocycles. The number of carboxylic acids is 1. The fraction of sp³-hybridized carbons (Fsp3) is 0.864. The molecule has 4 heteroatoms. The Labute approximate surface area is 162 Å². The Kier molecular flexibility index (Phi) is 21.4. The van der Waals surface area contributed by atoms with Crippen LogP contribution in [0.1, 0.15) is 96.8 Å². The lowest BCUT2D eigenvalue weighted by Crippen LogP contribution is -2.31. The normalized spacial score (nSPS) is 11.4. The summed E-state index contributed by atoms with van der Waals surface area (Å²) in [5, 5.41) is 14.7. The van der Waals surface area contributed by atoms with E-state index in [4.69, 9.17) is 5.11 Å². The Morgan fingerprint density at radius 1 is 0.692 bits per heavy atom. The van der Waals surface area contributed by atoms with Gasteiger partial charge in [-0.3, -0.25) is 4.79 Å². The monoisotopic (exact) mass is 368 g/mol. The first-order valence-corrected chi connectivity index (χ1v) is 11.1. The van der Waals surface area contributed by atoms with E-state index in [1.807, 2.05) is 0 Å². The quantitative estimate of drug-likeness (QED) is 0.190. The summed E-state index contributed by atoms with van der Waals surface area (Å²) in [5.41, 5.74) is 0. The lowest BCUT2D eigenvalue weighted by Gasteiger charge is -2.05. The third-order valence-corrected chi connectivity index (χ3v) is 4.62. The van der Waals surface area contributed by atoms with Gasteiger partial charge in [-0.2, -0.15) is 0 Å². The topological polar surface area (TPSA) is 61.4 Å². The second-order valence-corrected chi connectivity index (χ2v) is 7.26. The standard InChI is InChI=1S/C22H44N2O2/c1-2-3-4-5-6-7-8-9-10-11-12-13-14-15-16-17-18-23-19-20-24-21-22(25)26/h9-10,23-24H,2-8,11-21H2,1H3,(H,25,26)/b10-9-. The first kappa shape index (κ1) is 25.1. The minimum atomic E-state index is -0.793. The molecule has 0 aromatic rings. The van der Waals surface area contributed by atoms with Crippen LogP contribution < -0.4 is 10.6 Å². The largest absolute Gasteiger partial charge is 0.480 e. The van der Waals surface area contributed by atoms with Crippen molar-refractivity contribution >= 4 is 5.97 Å². The van der Waals surface area contributed by atoms with Gasteiger partial charge in [0.05, 0.1) is 6.54 Å². The van der Waals surface area contributed by atoms with E-state index in [9.17, 15) is 4.79 Å². The van der Waals surface area contributed by atoms with Crippen LogP contribution in [0.4, 0.5) is 0 Å². The number of unbranched alkanes of at least 4 members (excludes halogenated alkanes) is 12. The number of hydrogen-bond donors (Lipinski definition) is 3. The van der Waals surface area contributed by atoms with E-state index in [1.54, 1.807) is 0 Å². The van der Waals surface area contributed by atoms with Crippen molar-refractivity contribution in [2.24, 2.45) is 0 Å². The van der Waals surface area contributed by atoms with Crippen molar-refractivity contribution in [3.05, 3.63) is 12.2 Å². The van der Waals surface area contributed by atoms with Gasteiger partial charge in [0, 0.05) is 13.1 Å². The second-order valence-electron chi connectivity index (χ2n) is 7.26. The summed E-state index contributed by atoms with van der Waals surface area (Å²) in [6.45, 7) is 4.93. The van der Waals surface area contributed by atoms with E-state index in [0.717, 1.165) is 19.6 Å². The molecule has 0 saturated heterocycles. The maximum absolute atomic E-state index is 10.3. The summed E-state index contributed by atoms with van der Waals surface area (Å²) in [6.07, 6.45) is 23.5. The molecular weight excluding hydrogens is 324 g/mol. The number of hydrogen-bond acceptors (Lipinski definition) is 3. The summed E-state index contributed by atoms with van der Waals surface area (Å²) >= 11 is 0. The third-order valence-electron chi connectivity index (χ3n) is 4.62.